The molecule has 33 heavy (non-hydrogen) atoms. The van der Waals surface area contributed by atoms with Crippen molar-refractivity contribution in [1.29, 1.82) is 0 Å². The van der Waals surface area contributed by atoms with Crippen LogP contribution in [0.25, 0.3) is 0 Å². The molecule has 2 saturated heterocycles. The predicted molar refractivity (Wildman–Crippen MR) is 135 cm³/mol. The van der Waals surface area contributed by atoms with Crippen molar-refractivity contribution in [2.24, 2.45) is 5.92 Å². The molecule has 3 fully saturated rings. The largest absolute Gasteiger partial charge is 0.391 e. The molecule has 1 amide bonds. The summed E-state index contributed by atoms with van der Waals surface area (Å²) >= 11 is 0. The van der Waals surface area contributed by atoms with E-state index in [4.69, 9.17) is 4.74 Å². The topological polar surface area (TPSA) is 53.0 Å². The first-order valence-electron chi connectivity index (χ1n) is 13.9. The lowest BCUT2D eigenvalue weighted by atomic mass is 9.72. The molecule has 3 aliphatic rings. The molecule has 1 spiro atoms. The number of carbonyl (C=O) groups is 1. The van der Waals surface area contributed by atoms with Crippen molar-refractivity contribution in [2.75, 3.05) is 13.6 Å². The second-order valence-corrected chi connectivity index (χ2v) is 12.5. The highest BCUT2D eigenvalue weighted by atomic mass is 16.6. The predicted octanol–water partition coefficient (Wildman–Crippen LogP) is 5.88. The third-order valence-corrected chi connectivity index (χ3v) is 9.11. The Balaban J connectivity index is 1.88. The van der Waals surface area contributed by atoms with Crippen LogP contribution in [-0.4, -0.2) is 63.4 Å². The number of likely N-dealkylation sites (tertiary alicyclic amines) is 1. The molecule has 3 rings (SSSR count). The van der Waals surface area contributed by atoms with E-state index in [9.17, 15) is 9.90 Å². The van der Waals surface area contributed by atoms with Crippen LogP contribution in [0.15, 0.2) is 0 Å². The number of hydrogen-bond donors (Lipinski definition) is 1. The second kappa shape index (κ2) is 11.0. The quantitative estimate of drug-likeness (QED) is 0.564. The normalized spacial score (nSPS) is 30.7. The van der Waals surface area contributed by atoms with Crippen LogP contribution in [0.4, 0.5) is 0 Å². The van der Waals surface area contributed by atoms with Gasteiger partial charge in [0.1, 0.15) is 11.8 Å². The van der Waals surface area contributed by atoms with Gasteiger partial charge in [0, 0.05) is 17.6 Å². The molecule has 0 radical (unpaired) electrons. The third kappa shape index (κ3) is 6.13. The van der Waals surface area contributed by atoms with Crippen LogP contribution in [0.5, 0.6) is 0 Å². The van der Waals surface area contributed by atoms with Gasteiger partial charge in [0.15, 0.2) is 0 Å². The molecule has 5 nitrogen and oxygen atoms in total. The lowest BCUT2D eigenvalue weighted by Crippen LogP contribution is -2.60. The number of ether oxygens (including phenoxy) is 1. The Morgan fingerprint density at radius 2 is 1.36 bits per heavy atom. The number of aliphatic hydroxyl groups excluding tert-OH is 1. The van der Waals surface area contributed by atoms with E-state index in [-0.39, 0.29) is 29.0 Å². The fourth-order valence-electron chi connectivity index (χ4n) is 6.81. The zero-order chi connectivity index (χ0) is 24.3. The Bertz CT molecular complexity index is 617. The van der Waals surface area contributed by atoms with Crippen molar-refractivity contribution in [1.82, 2.24) is 9.80 Å². The number of rotatable bonds is 4. The summed E-state index contributed by atoms with van der Waals surface area (Å²) in [6.45, 7) is 11.6. The lowest BCUT2D eigenvalue weighted by Gasteiger charge is -2.54. The number of piperidine rings is 1. The lowest BCUT2D eigenvalue weighted by molar-refractivity contribution is -0.148. The Kier molecular flexibility index (Phi) is 8.94. The van der Waals surface area contributed by atoms with Crippen molar-refractivity contribution in [3.8, 4) is 0 Å². The van der Waals surface area contributed by atoms with E-state index in [2.05, 4.69) is 39.6 Å². The van der Waals surface area contributed by atoms with Gasteiger partial charge in [-0.3, -0.25) is 9.69 Å². The van der Waals surface area contributed by atoms with E-state index in [1.54, 1.807) is 0 Å². The zero-order valence-corrected chi connectivity index (χ0v) is 22.5. The average Bonchev–Trinajstić information content (AvgIpc) is 3.00. The maximum Gasteiger partial charge on any atom is 0.254 e. The summed E-state index contributed by atoms with van der Waals surface area (Å²) in [5.74, 6) is 0.344. The van der Waals surface area contributed by atoms with Gasteiger partial charge in [0.05, 0.1) is 6.10 Å². The summed E-state index contributed by atoms with van der Waals surface area (Å²) in [5.41, 5.74) is -0.493. The Morgan fingerprint density at radius 1 is 0.909 bits per heavy atom. The molecule has 2 aliphatic heterocycles. The molecule has 5 heteroatoms. The van der Waals surface area contributed by atoms with Gasteiger partial charge in [-0.25, -0.2) is 0 Å². The van der Waals surface area contributed by atoms with Crippen LogP contribution in [0.1, 0.15) is 125 Å². The first-order chi connectivity index (χ1) is 15.5. The van der Waals surface area contributed by atoms with Gasteiger partial charge in [-0.15, -0.1) is 0 Å². The number of aliphatic hydroxyl groups is 1. The molecule has 0 aromatic heterocycles. The van der Waals surface area contributed by atoms with Gasteiger partial charge >= 0.3 is 0 Å². The highest BCUT2D eigenvalue weighted by molar-refractivity contribution is 5.84. The van der Waals surface area contributed by atoms with Crippen LogP contribution in [0, 0.1) is 5.92 Å². The van der Waals surface area contributed by atoms with E-state index in [0.717, 1.165) is 38.5 Å². The Labute approximate surface area is 203 Å². The van der Waals surface area contributed by atoms with Gasteiger partial charge in [0.2, 0.25) is 0 Å². The van der Waals surface area contributed by atoms with E-state index in [1.165, 1.54) is 44.9 Å². The molecule has 2 atom stereocenters. The van der Waals surface area contributed by atoms with Crippen molar-refractivity contribution >= 4 is 5.91 Å². The van der Waals surface area contributed by atoms with Gasteiger partial charge < -0.3 is 14.7 Å². The summed E-state index contributed by atoms with van der Waals surface area (Å²) in [6, 6.07) is 0. The smallest absolute Gasteiger partial charge is 0.254 e. The molecule has 1 aliphatic carbocycles. The molecular weight excluding hydrogens is 412 g/mol. The van der Waals surface area contributed by atoms with E-state index < -0.39 is 11.8 Å². The van der Waals surface area contributed by atoms with Crippen molar-refractivity contribution in [3.05, 3.63) is 0 Å². The van der Waals surface area contributed by atoms with Gasteiger partial charge in [-0.05, 0) is 85.6 Å². The van der Waals surface area contributed by atoms with Crippen LogP contribution < -0.4 is 0 Å². The number of amides is 1. The minimum atomic E-state index is -0.533. The molecule has 2 unspecified atom stereocenters. The number of hydrogen-bond acceptors (Lipinski definition) is 4. The SMILES string of the molecule is CCC(O)CN1C(=O)C(C2CC(C)(C)N(C)C(C)(C)C2)OC12CCCCCCCCCCC2. The Morgan fingerprint density at radius 3 is 1.82 bits per heavy atom. The van der Waals surface area contributed by atoms with Crippen LogP contribution >= 0.6 is 0 Å². The summed E-state index contributed by atoms with van der Waals surface area (Å²) in [5, 5.41) is 10.6. The summed E-state index contributed by atoms with van der Waals surface area (Å²) in [6.07, 6.45) is 14.7. The van der Waals surface area contributed by atoms with Crippen molar-refractivity contribution in [3.63, 3.8) is 0 Å². The fourth-order valence-corrected chi connectivity index (χ4v) is 6.81. The minimum Gasteiger partial charge on any atom is -0.391 e. The molecule has 1 N–H and O–H groups in total. The number of nitrogens with zero attached hydrogens (tertiary/aromatic N) is 2. The van der Waals surface area contributed by atoms with Crippen LogP contribution in [0.3, 0.4) is 0 Å². The molecule has 1 saturated carbocycles. The average molecular weight is 465 g/mol. The van der Waals surface area contributed by atoms with E-state index in [0.29, 0.717) is 13.0 Å². The number of carbonyl (C=O) groups excluding carboxylic acids is 1. The highest BCUT2D eigenvalue weighted by Crippen LogP contribution is 2.47. The Hall–Kier alpha value is -0.650. The second-order valence-electron chi connectivity index (χ2n) is 12.5. The maximum absolute atomic E-state index is 14.0. The molecule has 0 bridgehead atoms. The van der Waals surface area contributed by atoms with E-state index in [1.807, 2.05) is 11.8 Å². The molecule has 0 aromatic carbocycles. The van der Waals surface area contributed by atoms with E-state index >= 15 is 0 Å². The molecule has 2 heterocycles. The van der Waals surface area contributed by atoms with Crippen LogP contribution in [-0.2, 0) is 9.53 Å². The minimum absolute atomic E-state index is 0.0199. The molecule has 0 aromatic rings. The first kappa shape index (κ1) is 26.9. The van der Waals surface area contributed by atoms with Gasteiger partial charge in [-0.2, -0.15) is 0 Å². The first-order valence-corrected chi connectivity index (χ1v) is 13.9. The van der Waals surface area contributed by atoms with Crippen molar-refractivity contribution in [2.45, 2.75) is 154 Å². The maximum atomic E-state index is 14.0. The fraction of sp³-hybridized carbons (Fsp3) is 0.964. The third-order valence-electron chi connectivity index (χ3n) is 9.11. The van der Waals surface area contributed by atoms with Crippen LogP contribution in [0.2, 0.25) is 0 Å². The molecule has 192 valence electrons. The zero-order valence-electron chi connectivity index (χ0n) is 22.5. The number of β-amino-alcohol motifs (C(OH)–C–C–N with tert-alkyl or cyclic N) is 1. The van der Waals surface area contributed by atoms with Gasteiger partial charge in [-0.1, -0.05) is 51.9 Å². The summed E-state index contributed by atoms with van der Waals surface area (Å²) in [7, 11) is 2.21. The standard InChI is InChI=1S/C28H52N2O3/c1-7-23(31)21-30-25(32)24(22-19-26(2,3)29(6)27(4,5)20-22)33-28(30)17-15-13-11-9-8-10-12-14-16-18-28/h22-24,31H,7-21H2,1-6H3. The van der Waals surface area contributed by atoms with Gasteiger partial charge in [0.25, 0.3) is 5.91 Å². The summed E-state index contributed by atoms with van der Waals surface area (Å²) < 4.78 is 6.97. The van der Waals surface area contributed by atoms with Crippen molar-refractivity contribution < 1.29 is 14.6 Å². The summed E-state index contributed by atoms with van der Waals surface area (Å²) in [4.78, 5) is 18.5. The monoisotopic (exact) mass is 464 g/mol. The highest BCUT2D eigenvalue weighted by Gasteiger charge is 2.56. The molecular formula is C28H52N2O3.